The van der Waals surface area contributed by atoms with Gasteiger partial charge >= 0.3 is 0 Å². The van der Waals surface area contributed by atoms with Crippen molar-refractivity contribution >= 4 is 0 Å². The Morgan fingerprint density at radius 2 is 1.10 bits per heavy atom. The van der Waals surface area contributed by atoms with Crippen molar-refractivity contribution in [3.8, 4) is 34.0 Å². The molecule has 1 heterocycles. The van der Waals surface area contributed by atoms with E-state index in [1.165, 1.54) is 55.2 Å². The largest absolute Gasteiger partial charge is 0.416 e. The van der Waals surface area contributed by atoms with Gasteiger partial charge in [0, 0.05) is 11.1 Å². The Balaban J connectivity index is 1.39. The third-order valence-corrected chi connectivity index (χ3v) is 5.43. The third-order valence-electron chi connectivity index (χ3n) is 5.43. The van der Waals surface area contributed by atoms with E-state index in [9.17, 15) is 0 Å². The average molecular weight is 397 g/mol. The summed E-state index contributed by atoms with van der Waals surface area (Å²) in [6, 6.07) is 27.1. The number of aryl methyl sites for hydroxylation is 1. The fourth-order valence-corrected chi connectivity index (χ4v) is 3.64. The zero-order valence-corrected chi connectivity index (χ0v) is 17.6. The lowest BCUT2D eigenvalue weighted by Gasteiger charge is -2.06. The SMILES string of the molecule is CCCCCCCc1ccc(-c2ccc(-c3nnc(-c4ccccc4)o3)cc2)cc1. The van der Waals surface area contributed by atoms with E-state index in [2.05, 4.69) is 53.5 Å². The van der Waals surface area contributed by atoms with Crippen LogP contribution in [0.4, 0.5) is 0 Å². The van der Waals surface area contributed by atoms with E-state index in [1.54, 1.807) is 0 Å². The van der Waals surface area contributed by atoms with E-state index in [4.69, 9.17) is 4.42 Å². The van der Waals surface area contributed by atoms with Crippen LogP contribution in [0.5, 0.6) is 0 Å². The van der Waals surface area contributed by atoms with Crippen LogP contribution in [0, 0.1) is 0 Å². The van der Waals surface area contributed by atoms with Crippen molar-refractivity contribution in [2.24, 2.45) is 0 Å². The molecule has 0 fully saturated rings. The Kier molecular flexibility index (Phi) is 6.71. The van der Waals surface area contributed by atoms with Crippen LogP contribution >= 0.6 is 0 Å². The first-order chi connectivity index (χ1) is 14.8. The molecule has 0 unspecified atom stereocenters. The van der Waals surface area contributed by atoms with Gasteiger partial charge in [0.05, 0.1) is 0 Å². The highest BCUT2D eigenvalue weighted by atomic mass is 16.4. The van der Waals surface area contributed by atoms with Gasteiger partial charge in [0.15, 0.2) is 0 Å². The quantitative estimate of drug-likeness (QED) is 0.274. The average Bonchev–Trinajstić information content (AvgIpc) is 3.31. The first-order valence-electron chi connectivity index (χ1n) is 10.9. The molecule has 30 heavy (non-hydrogen) atoms. The Morgan fingerprint density at radius 1 is 0.567 bits per heavy atom. The molecule has 1 aromatic heterocycles. The number of nitrogens with zero attached hydrogens (tertiary/aromatic N) is 2. The van der Waals surface area contributed by atoms with Crippen molar-refractivity contribution in [2.45, 2.75) is 45.4 Å². The van der Waals surface area contributed by atoms with Crippen molar-refractivity contribution in [1.82, 2.24) is 10.2 Å². The van der Waals surface area contributed by atoms with E-state index in [0.717, 1.165) is 11.1 Å². The number of unbranched alkanes of at least 4 members (excludes halogenated alkanes) is 4. The fourth-order valence-electron chi connectivity index (χ4n) is 3.64. The van der Waals surface area contributed by atoms with Crippen LogP contribution in [0.2, 0.25) is 0 Å². The minimum absolute atomic E-state index is 0.541. The van der Waals surface area contributed by atoms with Crippen LogP contribution in [-0.2, 0) is 6.42 Å². The van der Waals surface area contributed by atoms with Crippen LogP contribution in [-0.4, -0.2) is 10.2 Å². The second-order valence-corrected chi connectivity index (χ2v) is 7.72. The lowest BCUT2D eigenvalue weighted by Crippen LogP contribution is -1.87. The van der Waals surface area contributed by atoms with E-state index in [-0.39, 0.29) is 0 Å². The summed E-state index contributed by atoms with van der Waals surface area (Å²) in [6.07, 6.45) is 7.79. The van der Waals surface area contributed by atoms with Gasteiger partial charge in [-0.15, -0.1) is 10.2 Å². The molecule has 4 rings (SSSR count). The van der Waals surface area contributed by atoms with Gasteiger partial charge < -0.3 is 4.42 Å². The highest BCUT2D eigenvalue weighted by Crippen LogP contribution is 2.27. The minimum atomic E-state index is 0.541. The summed E-state index contributed by atoms with van der Waals surface area (Å²) in [7, 11) is 0. The van der Waals surface area contributed by atoms with Gasteiger partial charge in [-0.1, -0.05) is 87.2 Å². The molecule has 0 radical (unpaired) electrons. The maximum atomic E-state index is 5.86. The van der Waals surface area contributed by atoms with Crippen molar-refractivity contribution in [3.63, 3.8) is 0 Å². The highest BCUT2D eigenvalue weighted by molar-refractivity contribution is 5.68. The summed E-state index contributed by atoms with van der Waals surface area (Å²) in [5, 5.41) is 8.38. The van der Waals surface area contributed by atoms with Gasteiger partial charge in [0.25, 0.3) is 0 Å². The molecule has 3 aromatic carbocycles. The van der Waals surface area contributed by atoms with Crippen molar-refractivity contribution in [3.05, 3.63) is 84.4 Å². The topological polar surface area (TPSA) is 38.9 Å². The summed E-state index contributed by atoms with van der Waals surface area (Å²) < 4.78 is 5.86. The molecule has 0 saturated carbocycles. The molecule has 3 nitrogen and oxygen atoms in total. The van der Waals surface area contributed by atoms with E-state index >= 15 is 0 Å². The van der Waals surface area contributed by atoms with Gasteiger partial charge in [-0.2, -0.15) is 0 Å². The lowest BCUT2D eigenvalue weighted by molar-refractivity contribution is 0.584. The maximum Gasteiger partial charge on any atom is 0.248 e. The van der Waals surface area contributed by atoms with E-state index in [1.807, 2.05) is 42.5 Å². The zero-order valence-electron chi connectivity index (χ0n) is 17.6. The van der Waals surface area contributed by atoms with Crippen LogP contribution in [0.25, 0.3) is 34.0 Å². The van der Waals surface area contributed by atoms with Gasteiger partial charge in [-0.05, 0) is 53.8 Å². The summed E-state index contributed by atoms with van der Waals surface area (Å²) in [6.45, 7) is 2.26. The molecule has 3 heteroatoms. The molecule has 152 valence electrons. The van der Waals surface area contributed by atoms with Gasteiger partial charge in [-0.25, -0.2) is 0 Å². The summed E-state index contributed by atoms with van der Waals surface area (Å²) in [4.78, 5) is 0. The Bertz CT molecular complexity index is 1030. The standard InChI is InChI=1S/C27H28N2O/c1-2-3-4-5-7-10-21-13-15-22(16-14-21)23-17-19-25(20-18-23)27-29-28-26(30-27)24-11-8-6-9-12-24/h6,8-9,11-20H,2-5,7,10H2,1H3. The normalized spacial score (nSPS) is 11.0. The van der Waals surface area contributed by atoms with Crippen molar-refractivity contribution < 1.29 is 4.42 Å². The number of rotatable bonds is 9. The molecule has 0 aliphatic rings. The highest BCUT2D eigenvalue weighted by Gasteiger charge is 2.10. The van der Waals surface area contributed by atoms with Crippen molar-refractivity contribution in [1.29, 1.82) is 0 Å². The Labute approximate surface area is 178 Å². The molecular weight excluding hydrogens is 368 g/mol. The predicted octanol–water partition coefficient (Wildman–Crippen LogP) is 7.58. The first kappa shape index (κ1) is 20.1. The molecule has 0 saturated heterocycles. The molecule has 4 aromatic rings. The zero-order chi connectivity index (χ0) is 20.6. The number of benzene rings is 3. The molecule has 0 amide bonds. The smallest absolute Gasteiger partial charge is 0.248 e. The molecule has 0 aliphatic carbocycles. The molecule has 0 aliphatic heterocycles. The van der Waals surface area contributed by atoms with Crippen LogP contribution in [0.1, 0.15) is 44.6 Å². The minimum Gasteiger partial charge on any atom is -0.416 e. The second kappa shape index (κ2) is 10.0. The summed E-state index contributed by atoms with van der Waals surface area (Å²) >= 11 is 0. The van der Waals surface area contributed by atoms with Crippen LogP contribution in [0.3, 0.4) is 0 Å². The second-order valence-electron chi connectivity index (χ2n) is 7.72. The predicted molar refractivity (Wildman–Crippen MR) is 123 cm³/mol. The Morgan fingerprint density at radius 3 is 1.73 bits per heavy atom. The number of hydrogen-bond donors (Lipinski definition) is 0. The Hall–Kier alpha value is -3.20. The van der Waals surface area contributed by atoms with Gasteiger partial charge in [-0.3, -0.25) is 0 Å². The van der Waals surface area contributed by atoms with Crippen LogP contribution in [0.15, 0.2) is 83.3 Å². The summed E-state index contributed by atoms with van der Waals surface area (Å²) in [5.74, 6) is 1.08. The number of hydrogen-bond acceptors (Lipinski definition) is 3. The first-order valence-corrected chi connectivity index (χ1v) is 10.9. The molecule has 0 bridgehead atoms. The molecule has 0 atom stereocenters. The van der Waals surface area contributed by atoms with Crippen LogP contribution < -0.4 is 0 Å². The van der Waals surface area contributed by atoms with E-state index < -0.39 is 0 Å². The number of aromatic nitrogens is 2. The molecular formula is C27H28N2O. The molecule has 0 N–H and O–H groups in total. The van der Waals surface area contributed by atoms with Crippen molar-refractivity contribution in [2.75, 3.05) is 0 Å². The molecule has 0 spiro atoms. The monoisotopic (exact) mass is 396 g/mol. The van der Waals surface area contributed by atoms with Gasteiger partial charge in [0.2, 0.25) is 11.8 Å². The third kappa shape index (κ3) is 5.04. The maximum absolute atomic E-state index is 5.86. The van der Waals surface area contributed by atoms with Gasteiger partial charge in [0.1, 0.15) is 0 Å². The summed E-state index contributed by atoms with van der Waals surface area (Å²) in [5.41, 5.74) is 5.70. The lowest BCUT2D eigenvalue weighted by atomic mass is 10.00. The van der Waals surface area contributed by atoms with E-state index in [0.29, 0.717) is 11.8 Å². The fraction of sp³-hybridized carbons (Fsp3) is 0.259.